The molecule has 0 amide bonds. The summed E-state index contributed by atoms with van der Waals surface area (Å²) >= 11 is 6.13. The Morgan fingerprint density at radius 3 is 2.75 bits per heavy atom. The molecule has 0 aliphatic carbocycles. The van der Waals surface area contributed by atoms with Crippen molar-refractivity contribution >= 4 is 44.8 Å². The molecule has 82 valence electrons. The lowest BCUT2D eigenvalue weighted by Gasteiger charge is -1.96. The van der Waals surface area contributed by atoms with Crippen LogP contribution in [0.2, 0.25) is 0 Å². The van der Waals surface area contributed by atoms with Crippen LogP contribution in [0.25, 0.3) is 0 Å². The summed E-state index contributed by atoms with van der Waals surface area (Å²) in [7, 11) is 0. The minimum atomic E-state index is 0.105. The third-order valence-electron chi connectivity index (χ3n) is 1.72. The van der Waals surface area contributed by atoms with Gasteiger partial charge in [-0.15, -0.1) is 11.3 Å². The smallest absolute Gasteiger partial charge is 0.187 e. The maximum Gasteiger partial charge on any atom is 0.187 e. The molecule has 6 heteroatoms. The molecular weight excluding hydrogens is 308 g/mol. The maximum absolute atomic E-state index is 11.7. The zero-order valence-corrected chi connectivity index (χ0v) is 11.3. The Kier molecular flexibility index (Phi) is 4.09. The van der Waals surface area contributed by atoms with Crippen LogP contribution in [-0.2, 0) is 0 Å². The topological polar surface area (TPSA) is 42.9 Å². The highest BCUT2D eigenvalue weighted by Crippen LogP contribution is 2.24. The molecule has 2 rings (SSSR count). The lowest BCUT2D eigenvalue weighted by atomic mass is 10.4. The van der Waals surface area contributed by atoms with Crippen LogP contribution in [0.5, 0.6) is 0 Å². The zero-order valence-electron chi connectivity index (χ0n) is 8.09. The maximum atomic E-state index is 11.7. The third-order valence-corrected chi connectivity index (χ3v) is 4.26. The first kappa shape index (κ1) is 11.8. The van der Waals surface area contributed by atoms with Crippen molar-refractivity contribution in [1.82, 2.24) is 9.97 Å². The minimum absolute atomic E-state index is 0.105. The fourth-order valence-corrected chi connectivity index (χ4v) is 3.13. The molecule has 2 aromatic heterocycles. The first-order chi connectivity index (χ1) is 7.75. The van der Waals surface area contributed by atoms with E-state index in [0.29, 0.717) is 10.9 Å². The molecule has 0 atom stereocenters. The average molecular weight is 315 g/mol. The molecule has 3 nitrogen and oxygen atoms in total. The first-order valence-electron chi connectivity index (χ1n) is 4.44. The van der Waals surface area contributed by atoms with Crippen LogP contribution in [0.15, 0.2) is 39.5 Å². The van der Waals surface area contributed by atoms with Gasteiger partial charge in [0.2, 0.25) is 0 Å². The Bertz CT molecular complexity index is 487. The van der Waals surface area contributed by atoms with Gasteiger partial charge < -0.3 is 0 Å². The minimum Gasteiger partial charge on any atom is -0.292 e. The summed E-state index contributed by atoms with van der Waals surface area (Å²) in [5, 5.41) is 0.631. The van der Waals surface area contributed by atoms with Crippen molar-refractivity contribution in [2.24, 2.45) is 0 Å². The standard InChI is InChI=1S/C10H7BrN2OS2/c11-9-3-2-8(16-9)7(14)6-15-10-12-4-1-5-13-10/h1-5H,6H2. The van der Waals surface area contributed by atoms with Crippen molar-refractivity contribution in [2.45, 2.75) is 5.16 Å². The SMILES string of the molecule is O=C(CSc1ncccn1)c1ccc(Br)s1. The van der Waals surface area contributed by atoms with Crippen molar-refractivity contribution in [3.05, 3.63) is 39.3 Å². The Hall–Kier alpha value is -0.720. The summed E-state index contributed by atoms with van der Waals surface area (Å²) in [5.74, 6) is 0.477. The molecule has 0 saturated heterocycles. The predicted molar refractivity (Wildman–Crippen MR) is 69.1 cm³/mol. The number of hydrogen-bond donors (Lipinski definition) is 0. The number of thioether (sulfide) groups is 1. The van der Waals surface area contributed by atoms with Crippen molar-refractivity contribution < 1.29 is 4.79 Å². The molecule has 0 radical (unpaired) electrons. The molecule has 16 heavy (non-hydrogen) atoms. The number of nitrogens with zero attached hydrogens (tertiary/aromatic N) is 2. The first-order valence-corrected chi connectivity index (χ1v) is 7.03. The van der Waals surface area contributed by atoms with Crippen LogP contribution in [0, 0.1) is 0 Å². The van der Waals surface area contributed by atoms with Crippen LogP contribution >= 0.6 is 39.0 Å². The van der Waals surface area contributed by atoms with Crippen LogP contribution in [0.1, 0.15) is 9.67 Å². The molecule has 0 aromatic carbocycles. The van der Waals surface area contributed by atoms with E-state index in [0.717, 1.165) is 8.66 Å². The van der Waals surface area contributed by atoms with Crippen LogP contribution < -0.4 is 0 Å². The number of Topliss-reactive ketones (excluding diaryl/α,β-unsaturated/α-hetero) is 1. The largest absolute Gasteiger partial charge is 0.292 e. The molecule has 0 aliphatic rings. The summed E-state index contributed by atoms with van der Waals surface area (Å²) in [5.41, 5.74) is 0. The van der Waals surface area contributed by atoms with Gasteiger partial charge in [-0.25, -0.2) is 9.97 Å². The van der Waals surface area contributed by atoms with Gasteiger partial charge in [-0.1, -0.05) is 11.8 Å². The second-order valence-corrected chi connectivity index (χ2v) is 6.25. The van der Waals surface area contributed by atoms with E-state index in [2.05, 4.69) is 25.9 Å². The van der Waals surface area contributed by atoms with Gasteiger partial charge in [-0.05, 0) is 34.1 Å². The molecule has 2 aromatic rings. The fourth-order valence-electron chi connectivity index (χ4n) is 1.03. The Labute approximate surface area is 109 Å². The molecule has 0 fully saturated rings. The van der Waals surface area contributed by atoms with E-state index < -0.39 is 0 Å². The van der Waals surface area contributed by atoms with Gasteiger partial charge in [-0.3, -0.25) is 4.79 Å². The lowest BCUT2D eigenvalue weighted by Crippen LogP contribution is -2.00. The number of carbonyl (C=O) groups is 1. The van der Waals surface area contributed by atoms with Gasteiger partial charge >= 0.3 is 0 Å². The predicted octanol–water partition coefficient (Wildman–Crippen LogP) is 3.28. The second kappa shape index (κ2) is 5.56. The summed E-state index contributed by atoms with van der Waals surface area (Å²) in [4.78, 5) is 20.6. The summed E-state index contributed by atoms with van der Waals surface area (Å²) in [6, 6.07) is 5.45. The van der Waals surface area contributed by atoms with Crippen molar-refractivity contribution in [1.29, 1.82) is 0 Å². The van der Waals surface area contributed by atoms with E-state index in [-0.39, 0.29) is 5.78 Å². The molecule has 0 bridgehead atoms. The summed E-state index contributed by atoms with van der Waals surface area (Å²) in [6.45, 7) is 0. The number of hydrogen-bond acceptors (Lipinski definition) is 5. The third kappa shape index (κ3) is 3.13. The second-order valence-electron chi connectivity index (χ2n) is 2.85. The van der Waals surface area contributed by atoms with Gasteiger partial charge in [0.25, 0.3) is 0 Å². The zero-order chi connectivity index (χ0) is 11.4. The number of carbonyl (C=O) groups excluding carboxylic acids is 1. The van der Waals surface area contributed by atoms with E-state index in [1.165, 1.54) is 23.1 Å². The highest BCUT2D eigenvalue weighted by atomic mass is 79.9. The van der Waals surface area contributed by atoms with Gasteiger partial charge in [0.05, 0.1) is 14.4 Å². The van der Waals surface area contributed by atoms with E-state index in [4.69, 9.17) is 0 Å². The van der Waals surface area contributed by atoms with Crippen LogP contribution in [-0.4, -0.2) is 21.5 Å². The molecule has 0 saturated carbocycles. The van der Waals surface area contributed by atoms with Gasteiger partial charge in [0.15, 0.2) is 10.9 Å². The Balaban J connectivity index is 1.94. The van der Waals surface area contributed by atoms with Crippen LogP contribution in [0.4, 0.5) is 0 Å². The van der Waals surface area contributed by atoms with E-state index >= 15 is 0 Å². The van der Waals surface area contributed by atoms with E-state index in [1.54, 1.807) is 18.5 Å². The number of aromatic nitrogens is 2. The number of halogens is 1. The Morgan fingerprint density at radius 1 is 1.38 bits per heavy atom. The van der Waals surface area contributed by atoms with Gasteiger partial charge in [-0.2, -0.15) is 0 Å². The molecule has 0 N–H and O–H groups in total. The van der Waals surface area contributed by atoms with E-state index in [9.17, 15) is 4.79 Å². The van der Waals surface area contributed by atoms with Gasteiger partial charge in [0, 0.05) is 12.4 Å². The summed E-state index contributed by atoms with van der Waals surface area (Å²) in [6.07, 6.45) is 3.34. The molecular formula is C10H7BrN2OS2. The highest BCUT2D eigenvalue weighted by molar-refractivity contribution is 9.11. The molecule has 2 heterocycles. The van der Waals surface area contributed by atoms with Crippen LogP contribution in [0.3, 0.4) is 0 Å². The molecule has 0 aliphatic heterocycles. The quantitative estimate of drug-likeness (QED) is 0.493. The number of rotatable bonds is 4. The van der Waals surface area contributed by atoms with Crippen molar-refractivity contribution in [3.63, 3.8) is 0 Å². The van der Waals surface area contributed by atoms with Crippen molar-refractivity contribution in [2.75, 3.05) is 5.75 Å². The highest BCUT2D eigenvalue weighted by Gasteiger charge is 2.09. The van der Waals surface area contributed by atoms with Gasteiger partial charge in [0.1, 0.15) is 0 Å². The lowest BCUT2D eigenvalue weighted by molar-refractivity contribution is 0.102. The normalized spacial score (nSPS) is 10.3. The monoisotopic (exact) mass is 314 g/mol. The summed E-state index contributed by atoms with van der Waals surface area (Å²) < 4.78 is 0.969. The molecule has 0 unspecified atom stereocenters. The number of thiophene rings is 1. The Morgan fingerprint density at radius 2 is 2.12 bits per heavy atom. The van der Waals surface area contributed by atoms with Crippen molar-refractivity contribution in [3.8, 4) is 0 Å². The van der Waals surface area contributed by atoms with E-state index in [1.807, 2.05) is 12.1 Å². The number of ketones is 1. The average Bonchev–Trinajstić information content (AvgIpc) is 2.74. The molecule has 0 spiro atoms. The fraction of sp³-hybridized carbons (Fsp3) is 0.100.